The molecule has 1 aromatic carbocycles. The van der Waals surface area contributed by atoms with Crippen molar-refractivity contribution in [1.82, 2.24) is 0 Å². The number of carboxylic acids is 1. The van der Waals surface area contributed by atoms with Gasteiger partial charge >= 0.3 is 5.97 Å². The summed E-state index contributed by atoms with van der Waals surface area (Å²) in [5, 5.41) is 12.1. The number of anilines is 1. The van der Waals surface area contributed by atoms with E-state index < -0.39 is 11.4 Å². The maximum atomic E-state index is 12.1. The molecular formula is C16H22N2O3. The van der Waals surface area contributed by atoms with Gasteiger partial charge in [0, 0.05) is 12.2 Å². The van der Waals surface area contributed by atoms with Crippen LogP contribution in [0.4, 0.5) is 5.69 Å². The SMILES string of the molecule is CC(C)C(CN)C(=O)Nc1ccc(C2(C(=O)O)CC2)cc1. The number of aliphatic carboxylic acids is 1. The maximum Gasteiger partial charge on any atom is 0.314 e. The summed E-state index contributed by atoms with van der Waals surface area (Å²) in [5.74, 6) is -0.920. The Labute approximate surface area is 124 Å². The molecule has 21 heavy (non-hydrogen) atoms. The van der Waals surface area contributed by atoms with E-state index in [2.05, 4.69) is 5.32 Å². The van der Waals surface area contributed by atoms with Crippen LogP contribution in [0.5, 0.6) is 0 Å². The number of hydrogen-bond donors (Lipinski definition) is 3. The molecule has 4 N–H and O–H groups in total. The molecule has 1 atom stereocenters. The Hall–Kier alpha value is -1.88. The smallest absolute Gasteiger partial charge is 0.314 e. The Morgan fingerprint density at radius 1 is 1.29 bits per heavy atom. The van der Waals surface area contributed by atoms with E-state index in [1.807, 2.05) is 13.8 Å². The van der Waals surface area contributed by atoms with Crippen LogP contribution >= 0.6 is 0 Å². The summed E-state index contributed by atoms with van der Waals surface area (Å²) in [6, 6.07) is 7.07. The van der Waals surface area contributed by atoms with E-state index in [9.17, 15) is 14.7 Å². The summed E-state index contributed by atoms with van der Waals surface area (Å²) in [6.45, 7) is 4.23. The minimum absolute atomic E-state index is 0.0976. The molecular weight excluding hydrogens is 268 g/mol. The molecule has 0 spiro atoms. The summed E-state index contributed by atoms with van der Waals surface area (Å²) in [5.41, 5.74) is 6.39. The zero-order chi connectivity index (χ0) is 15.6. The minimum atomic E-state index is -0.776. The summed E-state index contributed by atoms with van der Waals surface area (Å²) < 4.78 is 0. The Morgan fingerprint density at radius 3 is 2.24 bits per heavy atom. The lowest BCUT2D eigenvalue weighted by molar-refractivity contribution is -0.140. The molecule has 5 nitrogen and oxygen atoms in total. The Bertz CT molecular complexity index is 533. The van der Waals surface area contributed by atoms with Crippen molar-refractivity contribution in [2.75, 3.05) is 11.9 Å². The predicted molar refractivity (Wildman–Crippen MR) is 81.0 cm³/mol. The minimum Gasteiger partial charge on any atom is -0.481 e. The van der Waals surface area contributed by atoms with Crippen molar-refractivity contribution < 1.29 is 14.7 Å². The van der Waals surface area contributed by atoms with Crippen LogP contribution in [0, 0.1) is 11.8 Å². The van der Waals surface area contributed by atoms with Crippen molar-refractivity contribution in [2.45, 2.75) is 32.1 Å². The van der Waals surface area contributed by atoms with Crippen LogP contribution in [0.2, 0.25) is 0 Å². The number of benzene rings is 1. The zero-order valence-corrected chi connectivity index (χ0v) is 12.4. The molecule has 1 unspecified atom stereocenters. The largest absolute Gasteiger partial charge is 0.481 e. The molecule has 0 radical (unpaired) electrons. The molecule has 1 saturated carbocycles. The van der Waals surface area contributed by atoms with E-state index in [-0.39, 0.29) is 17.7 Å². The second kappa shape index (κ2) is 5.85. The molecule has 114 valence electrons. The van der Waals surface area contributed by atoms with Crippen molar-refractivity contribution in [3.8, 4) is 0 Å². The van der Waals surface area contributed by atoms with Crippen LogP contribution in [-0.2, 0) is 15.0 Å². The van der Waals surface area contributed by atoms with Gasteiger partial charge in [0.2, 0.25) is 5.91 Å². The average molecular weight is 290 g/mol. The summed E-state index contributed by atoms with van der Waals surface area (Å²) in [6.07, 6.45) is 1.35. The molecule has 0 bridgehead atoms. The second-order valence-electron chi connectivity index (χ2n) is 6.04. The molecule has 5 heteroatoms. The van der Waals surface area contributed by atoms with E-state index in [0.29, 0.717) is 25.1 Å². The highest BCUT2D eigenvalue weighted by atomic mass is 16.4. The zero-order valence-electron chi connectivity index (χ0n) is 12.4. The Balaban J connectivity index is 2.07. The summed E-state index contributed by atoms with van der Waals surface area (Å²) in [7, 11) is 0. The molecule has 0 saturated heterocycles. The molecule has 1 aliphatic carbocycles. The molecule has 2 rings (SSSR count). The average Bonchev–Trinajstić information content (AvgIpc) is 3.21. The van der Waals surface area contributed by atoms with Crippen LogP contribution in [0.25, 0.3) is 0 Å². The first kappa shape index (κ1) is 15.5. The highest BCUT2D eigenvalue weighted by molar-refractivity contribution is 5.93. The van der Waals surface area contributed by atoms with E-state index in [1.165, 1.54) is 0 Å². The van der Waals surface area contributed by atoms with Crippen LogP contribution in [-0.4, -0.2) is 23.5 Å². The van der Waals surface area contributed by atoms with Gasteiger partial charge in [0.15, 0.2) is 0 Å². The summed E-state index contributed by atoms with van der Waals surface area (Å²) >= 11 is 0. The van der Waals surface area contributed by atoms with Crippen LogP contribution in [0.15, 0.2) is 24.3 Å². The normalized spacial score (nSPS) is 17.3. The van der Waals surface area contributed by atoms with Gasteiger partial charge in [-0.25, -0.2) is 0 Å². The third-order valence-electron chi connectivity index (χ3n) is 4.26. The Kier molecular flexibility index (Phi) is 4.32. The number of amides is 1. The van der Waals surface area contributed by atoms with Crippen molar-refractivity contribution in [3.63, 3.8) is 0 Å². The van der Waals surface area contributed by atoms with E-state index in [4.69, 9.17) is 5.73 Å². The lowest BCUT2D eigenvalue weighted by atomic mass is 9.94. The second-order valence-corrected chi connectivity index (χ2v) is 6.04. The van der Waals surface area contributed by atoms with Crippen LogP contribution in [0.1, 0.15) is 32.3 Å². The lowest BCUT2D eigenvalue weighted by Crippen LogP contribution is -2.33. The first-order valence-electron chi connectivity index (χ1n) is 7.25. The van der Waals surface area contributed by atoms with Crippen molar-refractivity contribution >= 4 is 17.6 Å². The quantitative estimate of drug-likeness (QED) is 0.747. The van der Waals surface area contributed by atoms with E-state index >= 15 is 0 Å². The first-order chi connectivity index (χ1) is 9.90. The van der Waals surface area contributed by atoms with Gasteiger partial charge in [0.1, 0.15) is 0 Å². The number of carbonyl (C=O) groups is 2. The van der Waals surface area contributed by atoms with Crippen molar-refractivity contribution in [1.29, 1.82) is 0 Å². The molecule has 1 amide bonds. The van der Waals surface area contributed by atoms with Crippen LogP contribution in [0.3, 0.4) is 0 Å². The number of nitrogens with one attached hydrogen (secondary N) is 1. The highest BCUT2D eigenvalue weighted by Crippen LogP contribution is 2.48. The van der Waals surface area contributed by atoms with E-state index in [0.717, 1.165) is 5.56 Å². The number of carboxylic acid groups (broad SMARTS) is 1. The van der Waals surface area contributed by atoms with Gasteiger partial charge in [-0.3, -0.25) is 9.59 Å². The van der Waals surface area contributed by atoms with Gasteiger partial charge in [-0.15, -0.1) is 0 Å². The third kappa shape index (κ3) is 3.08. The number of carbonyl (C=O) groups excluding carboxylic acids is 1. The monoisotopic (exact) mass is 290 g/mol. The number of nitrogens with two attached hydrogens (primary N) is 1. The van der Waals surface area contributed by atoms with Crippen molar-refractivity contribution in [3.05, 3.63) is 29.8 Å². The predicted octanol–water partition coefficient (Wildman–Crippen LogP) is 1.97. The highest BCUT2D eigenvalue weighted by Gasteiger charge is 2.51. The van der Waals surface area contributed by atoms with Gasteiger partial charge in [-0.1, -0.05) is 26.0 Å². The number of hydrogen-bond acceptors (Lipinski definition) is 3. The molecule has 0 heterocycles. The fourth-order valence-corrected chi connectivity index (χ4v) is 2.54. The Morgan fingerprint density at radius 2 is 1.86 bits per heavy atom. The molecule has 1 aliphatic rings. The van der Waals surface area contributed by atoms with Gasteiger partial charge in [-0.05, 0) is 36.5 Å². The van der Waals surface area contributed by atoms with Crippen molar-refractivity contribution in [2.24, 2.45) is 17.6 Å². The summed E-state index contributed by atoms with van der Waals surface area (Å²) in [4.78, 5) is 23.4. The van der Waals surface area contributed by atoms with E-state index in [1.54, 1.807) is 24.3 Å². The first-order valence-corrected chi connectivity index (χ1v) is 7.25. The molecule has 1 aromatic rings. The molecule has 0 aliphatic heterocycles. The lowest BCUT2D eigenvalue weighted by Gasteiger charge is -2.18. The van der Waals surface area contributed by atoms with Gasteiger partial charge in [-0.2, -0.15) is 0 Å². The fourth-order valence-electron chi connectivity index (χ4n) is 2.54. The third-order valence-corrected chi connectivity index (χ3v) is 4.26. The standard InChI is InChI=1S/C16H22N2O3/c1-10(2)13(9-17)14(19)18-12-5-3-11(4-6-12)16(7-8-16)15(20)21/h3-6,10,13H,7-9,17H2,1-2H3,(H,18,19)(H,20,21). The maximum absolute atomic E-state index is 12.1. The number of rotatable bonds is 6. The van der Waals surface area contributed by atoms with Crippen LogP contribution < -0.4 is 11.1 Å². The topological polar surface area (TPSA) is 92.4 Å². The van der Waals surface area contributed by atoms with Gasteiger partial charge in [0.25, 0.3) is 0 Å². The van der Waals surface area contributed by atoms with Gasteiger partial charge in [0.05, 0.1) is 11.3 Å². The molecule has 1 fully saturated rings. The molecule has 0 aromatic heterocycles. The van der Waals surface area contributed by atoms with Gasteiger partial charge < -0.3 is 16.2 Å². The fraction of sp³-hybridized carbons (Fsp3) is 0.500.